The number of imidazole rings is 1. The molecule has 7 nitrogen and oxygen atoms in total. The number of nitrogens with one attached hydrogen (secondary N) is 2. The molecule has 0 aliphatic rings. The molecule has 0 aliphatic heterocycles. The van der Waals surface area contributed by atoms with E-state index >= 15 is 0 Å². The van der Waals surface area contributed by atoms with Gasteiger partial charge in [0.25, 0.3) is 0 Å². The topological polar surface area (TPSA) is 74.1 Å². The van der Waals surface area contributed by atoms with E-state index in [1.165, 1.54) is 5.56 Å². The summed E-state index contributed by atoms with van der Waals surface area (Å²) in [5.74, 6) is 2.08. The molecule has 0 radical (unpaired) electrons. The number of halogens is 1. The Morgan fingerprint density at radius 2 is 2.00 bits per heavy atom. The number of aryl methyl sites for hydroxylation is 1. The second-order valence-electron chi connectivity index (χ2n) is 7.50. The second-order valence-corrected chi connectivity index (χ2v) is 7.50. The Morgan fingerprint density at radius 1 is 1.27 bits per heavy atom. The van der Waals surface area contributed by atoms with E-state index in [1.54, 1.807) is 0 Å². The molecule has 0 amide bonds. The molecule has 30 heavy (non-hydrogen) atoms. The van der Waals surface area contributed by atoms with Crippen molar-refractivity contribution in [2.24, 2.45) is 12.0 Å². The lowest BCUT2D eigenvalue weighted by Gasteiger charge is -2.22. The Labute approximate surface area is 196 Å². The number of hydrogen-bond donors (Lipinski definition) is 2. The summed E-state index contributed by atoms with van der Waals surface area (Å²) in [7, 11) is 4.02. The van der Waals surface area contributed by atoms with Gasteiger partial charge in [0.2, 0.25) is 0 Å². The van der Waals surface area contributed by atoms with Gasteiger partial charge in [0.1, 0.15) is 12.4 Å². The number of aromatic amines is 1. The van der Waals surface area contributed by atoms with E-state index < -0.39 is 0 Å². The molecule has 0 saturated heterocycles. The number of H-pyrrole nitrogens is 1. The van der Waals surface area contributed by atoms with Gasteiger partial charge in [-0.05, 0) is 18.4 Å². The third-order valence-electron chi connectivity index (χ3n) is 4.68. The summed E-state index contributed by atoms with van der Waals surface area (Å²) in [6.07, 6.45) is 3.95. The molecule has 1 aromatic carbocycles. The van der Waals surface area contributed by atoms with Crippen LogP contribution in [0.5, 0.6) is 0 Å². The first-order valence-electron chi connectivity index (χ1n) is 10.1. The normalized spacial score (nSPS) is 11.5. The highest BCUT2D eigenvalue weighted by atomic mass is 127. The van der Waals surface area contributed by atoms with Gasteiger partial charge < -0.3 is 15.2 Å². The van der Waals surface area contributed by atoms with Crippen molar-refractivity contribution in [3.8, 4) is 11.3 Å². The van der Waals surface area contributed by atoms with E-state index in [0.717, 1.165) is 41.8 Å². The van der Waals surface area contributed by atoms with Gasteiger partial charge in [-0.3, -0.25) is 4.68 Å². The van der Waals surface area contributed by atoms with Crippen LogP contribution >= 0.6 is 24.0 Å². The SMILES string of the molecule is CCNC(=NCc1ncc(-c2ccccc2)[nH]1)N(C)Cc1cn(C)nc1C(C)C.I. The number of hydrogen-bond acceptors (Lipinski definition) is 3. The zero-order valence-electron chi connectivity index (χ0n) is 18.4. The third kappa shape index (κ3) is 6.07. The first kappa shape index (κ1) is 23.9. The Kier molecular flexibility index (Phi) is 8.88. The van der Waals surface area contributed by atoms with E-state index in [2.05, 4.69) is 71.4 Å². The first-order chi connectivity index (χ1) is 14.0. The molecule has 2 aromatic heterocycles. The summed E-state index contributed by atoms with van der Waals surface area (Å²) >= 11 is 0. The quantitative estimate of drug-likeness (QED) is 0.279. The van der Waals surface area contributed by atoms with Gasteiger partial charge in [0, 0.05) is 38.9 Å². The molecular weight excluding hydrogens is 489 g/mol. The van der Waals surface area contributed by atoms with Gasteiger partial charge in [-0.15, -0.1) is 24.0 Å². The van der Waals surface area contributed by atoms with Crippen molar-refractivity contribution in [1.29, 1.82) is 0 Å². The van der Waals surface area contributed by atoms with Crippen molar-refractivity contribution in [2.75, 3.05) is 13.6 Å². The Hall–Kier alpha value is -2.36. The minimum absolute atomic E-state index is 0. The van der Waals surface area contributed by atoms with E-state index in [-0.39, 0.29) is 24.0 Å². The summed E-state index contributed by atoms with van der Waals surface area (Å²) in [6, 6.07) is 10.2. The number of benzene rings is 1. The predicted octanol–water partition coefficient (Wildman–Crippen LogP) is 4.15. The van der Waals surface area contributed by atoms with Crippen LogP contribution in [0.1, 0.15) is 43.8 Å². The lowest BCUT2D eigenvalue weighted by atomic mass is 10.1. The van der Waals surface area contributed by atoms with Gasteiger partial charge in [0.05, 0.1) is 17.6 Å². The van der Waals surface area contributed by atoms with Crippen molar-refractivity contribution in [3.05, 3.63) is 59.8 Å². The van der Waals surface area contributed by atoms with Crippen LogP contribution in [0.4, 0.5) is 0 Å². The number of guanidine groups is 1. The fraction of sp³-hybridized carbons (Fsp3) is 0.409. The molecule has 3 rings (SSSR count). The monoisotopic (exact) mass is 521 g/mol. The third-order valence-corrected chi connectivity index (χ3v) is 4.68. The summed E-state index contributed by atoms with van der Waals surface area (Å²) in [4.78, 5) is 14.8. The lowest BCUT2D eigenvalue weighted by molar-refractivity contribution is 0.473. The van der Waals surface area contributed by atoms with Crippen LogP contribution < -0.4 is 5.32 Å². The van der Waals surface area contributed by atoms with Gasteiger partial charge >= 0.3 is 0 Å². The molecule has 0 unspecified atom stereocenters. The molecule has 2 heterocycles. The van der Waals surface area contributed by atoms with Crippen LogP contribution in [0.25, 0.3) is 11.3 Å². The molecule has 3 aromatic rings. The molecule has 0 fully saturated rings. The van der Waals surface area contributed by atoms with Gasteiger partial charge in [0.15, 0.2) is 5.96 Å². The maximum atomic E-state index is 4.78. The lowest BCUT2D eigenvalue weighted by Crippen LogP contribution is -2.38. The van der Waals surface area contributed by atoms with Gasteiger partial charge in [-0.2, -0.15) is 5.10 Å². The molecule has 0 spiro atoms. The maximum absolute atomic E-state index is 4.78. The van der Waals surface area contributed by atoms with Crippen LogP contribution in [-0.2, 0) is 20.1 Å². The van der Waals surface area contributed by atoms with Crippen molar-refractivity contribution in [3.63, 3.8) is 0 Å². The second kappa shape index (κ2) is 11.1. The van der Waals surface area contributed by atoms with Crippen LogP contribution in [0.2, 0.25) is 0 Å². The summed E-state index contributed by atoms with van der Waals surface area (Å²) in [5, 5.41) is 7.98. The molecule has 162 valence electrons. The van der Waals surface area contributed by atoms with Gasteiger partial charge in [-0.25, -0.2) is 9.98 Å². The largest absolute Gasteiger partial charge is 0.357 e. The zero-order chi connectivity index (χ0) is 20.8. The van der Waals surface area contributed by atoms with Crippen LogP contribution in [0.3, 0.4) is 0 Å². The smallest absolute Gasteiger partial charge is 0.194 e. The Morgan fingerprint density at radius 3 is 2.67 bits per heavy atom. The highest BCUT2D eigenvalue weighted by molar-refractivity contribution is 14.0. The highest BCUT2D eigenvalue weighted by Gasteiger charge is 2.15. The zero-order valence-corrected chi connectivity index (χ0v) is 20.7. The summed E-state index contributed by atoms with van der Waals surface area (Å²) in [5.41, 5.74) is 4.48. The van der Waals surface area contributed by atoms with Crippen molar-refractivity contribution < 1.29 is 0 Å². The number of aromatic nitrogens is 4. The summed E-state index contributed by atoms with van der Waals surface area (Å²) < 4.78 is 1.89. The van der Waals surface area contributed by atoms with Crippen LogP contribution in [0, 0.1) is 0 Å². The standard InChI is InChI=1S/C22H31N7.HI/c1-6-23-22(28(4)14-18-15-29(5)27-21(18)16(2)3)25-13-20-24-12-19(26-20)17-10-8-7-9-11-17;/h7-12,15-16H,6,13-14H2,1-5H3,(H,23,25)(H,24,26);1H. The molecule has 0 bridgehead atoms. The van der Waals surface area contributed by atoms with Crippen molar-refractivity contribution in [1.82, 2.24) is 30.0 Å². The minimum atomic E-state index is 0. The number of aliphatic imine (C=N–C) groups is 1. The molecule has 0 atom stereocenters. The predicted molar refractivity (Wildman–Crippen MR) is 133 cm³/mol. The first-order valence-corrected chi connectivity index (χ1v) is 10.1. The molecule has 2 N–H and O–H groups in total. The molecule has 0 saturated carbocycles. The Balaban J connectivity index is 0.00000320. The number of rotatable bonds is 7. The van der Waals surface area contributed by atoms with Crippen LogP contribution in [0.15, 0.2) is 47.7 Å². The number of nitrogens with zero attached hydrogens (tertiary/aromatic N) is 5. The average molecular weight is 521 g/mol. The highest BCUT2D eigenvalue weighted by Crippen LogP contribution is 2.19. The molecular formula is C22H32IN7. The maximum Gasteiger partial charge on any atom is 0.194 e. The van der Waals surface area contributed by atoms with Crippen molar-refractivity contribution in [2.45, 2.75) is 39.8 Å². The van der Waals surface area contributed by atoms with E-state index in [4.69, 9.17) is 4.99 Å². The van der Waals surface area contributed by atoms with E-state index in [1.807, 2.05) is 36.1 Å². The van der Waals surface area contributed by atoms with E-state index in [0.29, 0.717) is 12.5 Å². The van der Waals surface area contributed by atoms with Gasteiger partial charge in [-0.1, -0.05) is 44.2 Å². The Bertz CT molecular complexity index is 944. The molecule has 0 aliphatic carbocycles. The minimum Gasteiger partial charge on any atom is -0.357 e. The fourth-order valence-electron chi connectivity index (χ4n) is 3.32. The average Bonchev–Trinajstić information content (AvgIpc) is 3.32. The van der Waals surface area contributed by atoms with E-state index in [9.17, 15) is 0 Å². The van der Waals surface area contributed by atoms with Crippen molar-refractivity contribution >= 4 is 29.9 Å². The van der Waals surface area contributed by atoms with Crippen LogP contribution in [-0.4, -0.2) is 44.2 Å². The fourth-order valence-corrected chi connectivity index (χ4v) is 3.32. The summed E-state index contributed by atoms with van der Waals surface area (Å²) in [6.45, 7) is 8.47. The molecule has 8 heteroatoms.